The van der Waals surface area contributed by atoms with E-state index in [-0.39, 0.29) is 11.2 Å². The number of hydrogen-bond acceptors (Lipinski definition) is 3. The summed E-state index contributed by atoms with van der Waals surface area (Å²) in [6.45, 7) is 6.66. The Morgan fingerprint density at radius 1 is 1.03 bits per heavy atom. The third kappa shape index (κ3) is 3.20. The van der Waals surface area contributed by atoms with Gasteiger partial charge in [-0.25, -0.2) is 4.79 Å². The van der Waals surface area contributed by atoms with Gasteiger partial charge < -0.3 is 9.30 Å². The van der Waals surface area contributed by atoms with Crippen LogP contribution in [0, 0.1) is 6.92 Å². The second-order valence-corrected chi connectivity index (χ2v) is 9.86. The summed E-state index contributed by atoms with van der Waals surface area (Å²) in [7, 11) is 3.24. The van der Waals surface area contributed by atoms with Gasteiger partial charge in [-0.05, 0) is 50.1 Å². The summed E-state index contributed by atoms with van der Waals surface area (Å²) < 4.78 is 11.4. The summed E-state index contributed by atoms with van der Waals surface area (Å²) in [5.41, 5.74) is 4.05. The molecule has 33 heavy (non-hydrogen) atoms. The molecule has 0 amide bonds. The van der Waals surface area contributed by atoms with E-state index in [0.717, 1.165) is 28.1 Å². The van der Waals surface area contributed by atoms with Crippen LogP contribution in [0.1, 0.15) is 36.8 Å². The molecule has 0 spiro atoms. The summed E-state index contributed by atoms with van der Waals surface area (Å²) in [6, 6.07) is 15.6. The first-order valence-corrected chi connectivity index (χ1v) is 11.3. The summed E-state index contributed by atoms with van der Waals surface area (Å²) in [6.07, 6.45) is -0.450. The number of benzene rings is 2. The molecule has 5 rings (SSSR count). The van der Waals surface area contributed by atoms with Gasteiger partial charge in [-0.2, -0.15) is 0 Å². The minimum absolute atomic E-state index is 0.308. The number of ether oxygens (including phenoxy) is 1. The molecule has 0 saturated carbocycles. The van der Waals surface area contributed by atoms with Crippen molar-refractivity contribution in [1.29, 1.82) is 0 Å². The maximum Gasteiger partial charge on any atom is 0.331 e. The van der Waals surface area contributed by atoms with Gasteiger partial charge in [0.15, 0.2) is 0 Å². The van der Waals surface area contributed by atoms with Crippen molar-refractivity contribution in [2.24, 2.45) is 14.1 Å². The molecule has 2 aromatic carbocycles. The Balaban J connectivity index is 2.01. The molecule has 1 aliphatic rings. The molecule has 0 fully saturated rings. The Hall–Kier alpha value is -3.09. The first-order valence-electron chi connectivity index (χ1n) is 10.9. The lowest BCUT2D eigenvalue weighted by atomic mass is 9.98. The van der Waals surface area contributed by atoms with Crippen LogP contribution < -0.4 is 11.2 Å². The highest BCUT2D eigenvalue weighted by Crippen LogP contribution is 2.45. The van der Waals surface area contributed by atoms with Gasteiger partial charge >= 0.3 is 5.69 Å². The van der Waals surface area contributed by atoms with Gasteiger partial charge in [0.1, 0.15) is 6.10 Å². The Bertz CT molecular complexity index is 1520. The first-order chi connectivity index (χ1) is 15.6. The molecule has 3 heterocycles. The molecule has 0 bridgehead atoms. The number of hydrogen-bond donors (Lipinski definition) is 0. The smallest absolute Gasteiger partial charge is 0.331 e. The molecule has 0 aliphatic carbocycles. The Labute approximate surface area is 196 Å². The molecule has 0 N–H and O–H groups in total. The minimum atomic E-state index is -0.450. The van der Waals surface area contributed by atoms with Crippen LogP contribution in [0.2, 0.25) is 5.02 Å². The number of rotatable bonds is 2. The molecule has 170 valence electrons. The summed E-state index contributed by atoms with van der Waals surface area (Å²) >= 11 is 6.14. The van der Waals surface area contributed by atoms with E-state index in [1.807, 2.05) is 49.4 Å². The predicted octanol–water partition coefficient (Wildman–Crippen LogP) is 4.52. The zero-order valence-electron chi connectivity index (χ0n) is 19.3. The molecular formula is C26H26ClN3O3. The molecular weight excluding hydrogens is 438 g/mol. The fourth-order valence-electron chi connectivity index (χ4n) is 4.95. The van der Waals surface area contributed by atoms with E-state index in [2.05, 4.69) is 24.5 Å². The second-order valence-electron chi connectivity index (χ2n) is 9.42. The lowest BCUT2D eigenvalue weighted by molar-refractivity contribution is -0.00707. The Morgan fingerprint density at radius 3 is 2.39 bits per heavy atom. The number of aromatic nitrogens is 3. The van der Waals surface area contributed by atoms with E-state index in [1.165, 1.54) is 11.6 Å². The highest BCUT2D eigenvalue weighted by atomic mass is 35.5. The molecule has 1 aliphatic heterocycles. The van der Waals surface area contributed by atoms with Gasteiger partial charge in [0.25, 0.3) is 5.56 Å². The van der Waals surface area contributed by atoms with Crippen LogP contribution in [0.25, 0.3) is 22.2 Å². The number of aryl methyl sites for hydroxylation is 2. The average molecular weight is 464 g/mol. The lowest BCUT2D eigenvalue weighted by Crippen LogP contribution is -2.40. The van der Waals surface area contributed by atoms with E-state index in [9.17, 15) is 9.59 Å². The van der Waals surface area contributed by atoms with Crippen molar-refractivity contribution >= 4 is 22.5 Å². The maximum absolute atomic E-state index is 13.6. The predicted molar refractivity (Wildman–Crippen MR) is 131 cm³/mol. The van der Waals surface area contributed by atoms with Gasteiger partial charge in [-0.1, -0.05) is 47.5 Å². The topological polar surface area (TPSA) is 58.2 Å². The molecule has 2 aromatic heterocycles. The zero-order chi connectivity index (χ0) is 23.7. The van der Waals surface area contributed by atoms with Crippen molar-refractivity contribution in [2.45, 2.75) is 32.4 Å². The van der Waals surface area contributed by atoms with Gasteiger partial charge in [0.05, 0.1) is 34.4 Å². The minimum Gasteiger partial charge on any atom is -0.365 e. The van der Waals surface area contributed by atoms with E-state index in [0.29, 0.717) is 22.5 Å². The van der Waals surface area contributed by atoms with Crippen LogP contribution in [0.15, 0.2) is 58.1 Å². The summed E-state index contributed by atoms with van der Waals surface area (Å²) in [4.78, 5) is 26.6. The zero-order valence-corrected chi connectivity index (χ0v) is 20.1. The Morgan fingerprint density at radius 2 is 1.73 bits per heavy atom. The molecule has 4 aromatic rings. The van der Waals surface area contributed by atoms with Crippen LogP contribution in [-0.4, -0.2) is 20.3 Å². The standard InChI is InChI=1S/C26H26ClN3O3/c1-15-7-6-8-17(13-15)20-19-21(28(4)25(32)29(5)24(19)31)22-23(16-9-11-18(27)12-10-16)33-14-26(2,3)30(20)22/h6-13,23H,14H2,1-5H3. The molecule has 0 radical (unpaired) electrons. The van der Waals surface area contributed by atoms with Crippen molar-refractivity contribution in [3.05, 3.63) is 91.2 Å². The largest absolute Gasteiger partial charge is 0.365 e. The number of halogens is 1. The van der Waals surface area contributed by atoms with Crippen LogP contribution in [0.4, 0.5) is 0 Å². The average Bonchev–Trinajstić information content (AvgIpc) is 3.15. The van der Waals surface area contributed by atoms with Crippen molar-refractivity contribution in [3.63, 3.8) is 0 Å². The molecule has 1 unspecified atom stereocenters. The molecule has 1 atom stereocenters. The van der Waals surface area contributed by atoms with Crippen LogP contribution in [-0.2, 0) is 24.4 Å². The normalized spacial score (nSPS) is 17.3. The maximum atomic E-state index is 13.6. The lowest BCUT2D eigenvalue weighted by Gasteiger charge is -2.39. The van der Waals surface area contributed by atoms with Gasteiger partial charge in [0, 0.05) is 19.1 Å². The fraction of sp³-hybridized carbons (Fsp3) is 0.308. The summed E-state index contributed by atoms with van der Waals surface area (Å²) in [5.74, 6) is 0. The third-order valence-corrected chi connectivity index (χ3v) is 6.78. The van der Waals surface area contributed by atoms with Crippen LogP contribution in [0.3, 0.4) is 0 Å². The van der Waals surface area contributed by atoms with E-state index in [1.54, 1.807) is 11.6 Å². The number of fused-ring (bicyclic) bond motifs is 3. The van der Waals surface area contributed by atoms with Crippen molar-refractivity contribution in [1.82, 2.24) is 13.7 Å². The monoisotopic (exact) mass is 463 g/mol. The third-order valence-electron chi connectivity index (χ3n) is 6.53. The van der Waals surface area contributed by atoms with E-state index in [4.69, 9.17) is 16.3 Å². The van der Waals surface area contributed by atoms with Crippen molar-refractivity contribution in [2.75, 3.05) is 6.61 Å². The van der Waals surface area contributed by atoms with Gasteiger partial charge in [0.2, 0.25) is 0 Å². The van der Waals surface area contributed by atoms with E-state index >= 15 is 0 Å². The first kappa shape index (κ1) is 21.7. The van der Waals surface area contributed by atoms with Gasteiger partial charge in [-0.3, -0.25) is 13.9 Å². The summed E-state index contributed by atoms with van der Waals surface area (Å²) in [5, 5.41) is 1.16. The SMILES string of the molecule is Cc1cccc(-c2c3c(=O)n(C)c(=O)n(C)c3c3n2C(C)(C)COC3c2ccc(Cl)cc2)c1. The molecule has 7 heteroatoms. The van der Waals surface area contributed by atoms with Crippen molar-refractivity contribution in [3.8, 4) is 11.3 Å². The van der Waals surface area contributed by atoms with Crippen molar-refractivity contribution < 1.29 is 4.74 Å². The molecule has 6 nitrogen and oxygen atoms in total. The molecule has 0 saturated heterocycles. The fourth-order valence-corrected chi connectivity index (χ4v) is 5.08. The van der Waals surface area contributed by atoms with Crippen LogP contribution >= 0.6 is 11.6 Å². The quantitative estimate of drug-likeness (QED) is 0.439. The highest BCUT2D eigenvalue weighted by Gasteiger charge is 2.40. The Kier molecular flexibility index (Phi) is 4.92. The van der Waals surface area contributed by atoms with Crippen LogP contribution in [0.5, 0.6) is 0 Å². The van der Waals surface area contributed by atoms with Gasteiger partial charge in [-0.15, -0.1) is 0 Å². The number of nitrogens with zero attached hydrogens (tertiary/aromatic N) is 3. The highest BCUT2D eigenvalue weighted by molar-refractivity contribution is 6.30. The second kappa shape index (κ2) is 7.47. The van der Waals surface area contributed by atoms with E-state index < -0.39 is 11.6 Å².